The fourth-order valence-electron chi connectivity index (χ4n) is 1.43. The molecule has 2 N–H and O–H groups in total. The van der Waals surface area contributed by atoms with Crippen molar-refractivity contribution in [1.29, 1.82) is 0 Å². The first-order valence-corrected chi connectivity index (χ1v) is 4.20. The largest absolute Gasteiger partial charge is 0.361 e. The van der Waals surface area contributed by atoms with Crippen molar-refractivity contribution in [2.75, 3.05) is 6.61 Å². The average Bonchev–Trinajstić information content (AvgIpc) is 1.55. The summed E-state index contributed by atoms with van der Waals surface area (Å²) in [5.74, 6) is 0. The van der Waals surface area contributed by atoms with E-state index in [-0.39, 0.29) is 5.41 Å². The van der Waals surface area contributed by atoms with Gasteiger partial charge in [-0.1, -0.05) is 20.8 Å². The van der Waals surface area contributed by atoms with E-state index >= 15 is 0 Å². The van der Waals surface area contributed by atoms with E-state index in [2.05, 4.69) is 20.8 Å². The predicted octanol–water partition coefficient (Wildman–Crippen LogP) is 2.13. The van der Waals surface area contributed by atoms with Gasteiger partial charge in [-0.3, -0.25) is 0 Å². The molecule has 1 atom stereocenters. The molecule has 0 aromatic rings. The van der Waals surface area contributed by atoms with Crippen LogP contribution in [0.15, 0.2) is 0 Å². The molecule has 1 unspecified atom stereocenters. The van der Waals surface area contributed by atoms with Crippen LogP contribution in [0, 0.1) is 5.41 Å². The van der Waals surface area contributed by atoms with Crippen molar-refractivity contribution in [3.05, 3.63) is 0 Å². The second-order valence-corrected chi connectivity index (χ2v) is 4.48. The highest BCUT2D eigenvalue weighted by molar-refractivity contribution is 4.75. The molecule has 0 fully saturated rings. The normalized spacial score (nSPS) is 18.0. The highest BCUT2D eigenvalue weighted by Crippen LogP contribution is 2.25. The second-order valence-electron chi connectivity index (χ2n) is 4.48. The Hall–Kier alpha value is -0.0800. The Balaban J connectivity index is 3.91. The van der Waals surface area contributed by atoms with Gasteiger partial charge in [0.2, 0.25) is 0 Å². The third-order valence-electron chi connectivity index (χ3n) is 1.36. The molecule has 0 bridgehead atoms. The molecule has 0 heterocycles. The van der Waals surface area contributed by atoms with E-state index in [1.165, 1.54) is 0 Å². The Morgan fingerprint density at radius 2 is 1.64 bits per heavy atom. The lowest BCUT2D eigenvalue weighted by molar-refractivity contribution is -0.0463. The molecular formula is C9H21NO. The van der Waals surface area contributed by atoms with Crippen LogP contribution in [0.3, 0.4) is 0 Å². The van der Waals surface area contributed by atoms with Gasteiger partial charge >= 0.3 is 0 Å². The maximum atomic E-state index is 5.89. The molecule has 0 rings (SSSR count). The summed E-state index contributed by atoms with van der Waals surface area (Å²) in [6.45, 7) is 11.1. The fourth-order valence-corrected chi connectivity index (χ4v) is 1.43. The summed E-state index contributed by atoms with van der Waals surface area (Å²) >= 11 is 0. The predicted molar refractivity (Wildman–Crippen MR) is 48.3 cm³/mol. The number of rotatable bonds is 3. The first-order valence-electron chi connectivity index (χ1n) is 4.20. The lowest BCUT2D eigenvalue weighted by atomic mass is 9.87. The zero-order chi connectivity index (χ0) is 9.12. The summed E-state index contributed by atoms with van der Waals surface area (Å²) in [6, 6.07) is 0. The molecule has 0 spiro atoms. The van der Waals surface area contributed by atoms with Crippen molar-refractivity contribution < 1.29 is 4.74 Å². The standard InChI is InChI=1S/C9H21NO/c1-6-11-9(5,10)7-8(2,3)4/h6-7,10H2,1-5H3. The first-order chi connectivity index (χ1) is 4.77. The van der Waals surface area contributed by atoms with Crippen LogP contribution in [0.4, 0.5) is 0 Å². The van der Waals surface area contributed by atoms with E-state index in [1.54, 1.807) is 0 Å². The summed E-state index contributed by atoms with van der Waals surface area (Å²) in [5, 5.41) is 0. The van der Waals surface area contributed by atoms with Crippen LogP contribution in [-0.4, -0.2) is 12.3 Å². The molecule has 0 aliphatic carbocycles. The van der Waals surface area contributed by atoms with Crippen LogP contribution in [-0.2, 0) is 4.74 Å². The SMILES string of the molecule is CCOC(C)(N)CC(C)(C)C. The molecule has 11 heavy (non-hydrogen) atoms. The van der Waals surface area contributed by atoms with E-state index in [1.807, 2.05) is 13.8 Å². The molecule has 0 aliphatic rings. The topological polar surface area (TPSA) is 35.2 Å². The van der Waals surface area contributed by atoms with Gasteiger partial charge in [-0.2, -0.15) is 0 Å². The Morgan fingerprint density at radius 3 is 1.91 bits per heavy atom. The number of nitrogens with two attached hydrogens (primary N) is 1. The van der Waals surface area contributed by atoms with Crippen LogP contribution in [0.1, 0.15) is 41.0 Å². The maximum absolute atomic E-state index is 5.89. The lowest BCUT2D eigenvalue weighted by Crippen LogP contribution is -2.42. The highest BCUT2D eigenvalue weighted by Gasteiger charge is 2.25. The minimum Gasteiger partial charge on any atom is -0.361 e. The monoisotopic (exact) mass is 159 g/mol. The van der Waals surface area contributed by atoms with Gasteiger partial charge in [0.25, 0.3) is 0 Å². The quantitative estimate of drug-likeness (QED) is 0.640. The summed E-state index contributed by atoms with van der Waals surface area (Å²) in [4.78, 5) is 0. The summed E-state index contributed by atoms with van der Waals surface area (Å²) in [5.41, 5.74) is 5.66. The van der Waals surface area contributed by atoms with Crippen LogP contribution in [0.5, 0.6) is 0 Å². The Morgan fingerprint density at radius 1 is 1.18 bits per heavy atom. The van der Waals surface area contributed by atoms with Crippen molar-refractivity contribution in [1.82, 2.24) is 0 Å². The van der Waals surface area contributed by atoms with Gasteiger partial charge < -0.3 is 10.5 Å². The molecule has 2 heteroatoms. The van der Waals surface area contributed by atoms with Gasteiger partial charge in [-0.15, -0.1) is 0 Å². The van der Waals surface area contributed by atoms with Crippen LogP contribution < -0.4 is 5.73 Å². The number of hydrogen-bond donors (Lipinski definition) is 1. The van der Waals surface area contributed by atoms with E-state index in [9.17, 15) is 0 Å². The lowest BCUT2D eigenvalue weighted by Gasteiger charge is -2.31. The van der Waals surface area contributed by atoms with Crippen molar-refractivity contribution in [2.24, 2.45) is 11.1 Å². The molecule has 2 nitrogen and oxygen atoms in total. The van der Waals surface area contributed by atoms with E-state index in [4.69, 9.17) is 10.5 Å². The zero-order valence-electron chi connectivity index (χ0n) is 8.40. The molecule has 68 valence electrons. The third kappa shape index (κ3) is 6.32. The molecule has 0 saturated carbocycles. The van der Waals surface area contributed by atoms with Crippen molar-refractivity contribution in [2.45, 2.75) is 46.8 Å². The molecule has 0 aromatic carbocycles. The summed E-state index contributed by atoms with van der Waals surface area (Å²) in [7, 11) is 0. The summed E-state index contributed by atoms with van der Waals surface area (Å²) in [6.07, 6.45) is 0.883. The van der Waals surface area contributed by atoms with Crippen molar-refractivity contribution >= 4 is 0 Å². The average molecular weight is 159 g/mol. The van der Waals surface area contributed by atoms with Gasteiger partial charge in [0, 0.05) is 6.61 Å². The molecule has 0 radical (unpaired) electrons. The van der Waals surface area contributed by atoms with Crippen molar-refractivity contribution in [3.63, 3.8) is 0 Å². The minimum atomic E-state index is -0.465. The number of hydrogen-bond acceptors (Lipinski definition) is 2. The zero-order valence-corrected chi connectivity index (χ0v) is 8.40. The van der Waals surface area contributed by atoms with Gasteiger partial charge in [0.15, 0.2) is 0 Å². The maximum Gasteiger partial charge on any atom is 0.114 e. The first kappa shape index (κ1) is 10.9. The number of ether oxygens (including phenoxy) is 1. The Kier molecular flexibility index (Phi) is 3.52. The van der Waals surface area contributed by atoms with E-state index in [0.29, 0.717) is 6.61 Å². The molecule has 0 saturated heterocycles. The van der Waals surface area contributed by atoms with E-state index < -0.39 is 5.72 Å². The van der Waals surface area contributed by atoms with Gasteiger partial charge in [-0.25, -0.2) is 0 Å². The second kappa shape index (κ2) is 3.55. The van der Waals surface area contributed by atoms with Crippen LogP contribution in [0.2, 0.25) is 0 Å². The molecule has 0 aliphatic heterocycles. The fraction of sp³-hybridized carbons (Fsp3) is 1.00. The van der Waals surface area contributed by atoms with Gasteiger partial charge in [-0.05, 0) is 25.7 Å². The summed E-state index contributed by atoms with van der Waals surface area (Å²) < 4.78 is 5.38. The Bertz CT molecular complexity index is 113. The van der Waals surface area contributed by atoms with E-state index in [0.717, 1.165) is 6.42 Å². The smallest absolute Gasteiger partial charge is 0.114 e. The molecule has 0 amide bonds. The van der Waals surface area contributed by atoms with Gasteiger partial charge in [0.1, 0.15) is 5.72 Å². The molecule has 0 aromatic heterocycles. The minimum absolute atomic E-state index is 0.235. The Labute approximate surface area is 70.1 Å². The highest BCUT2D eigenvalue weighted by atomic mass is 16.5. The van der Waals surface area contributed by atoms with Crippen LogP contribution in [0.25, 0.3) is 0 Å². The third-order valence-corrected chi connectivity index (χ3v) is 1.36. The van der Waals surface area contributed by atoms with Gasteiger partial charge in [0.05, 0.1) is 0 Å². The van der Waals surface area contributed by atoms with Crippen LogP contribution >= 0.6 is 0 Å². The van der Waals surface area contributed by atoms with Crippen molar-refractivity contribution in [3.8, 4) is 0 Å². The molecular weight excluding hydrogens is 138 g/mol.